The fraction of sp³-hybridized carbons (Fsp3) is 1.00. The quantitative estimate of drug-likeness (QED) is 0.672. The van der Waals surface area contributed by atoms with Crippen LogP contribution < -0.4 is 5.73 Å². The number of hydrogen-bond donors (Lipinski definition) is 2. The van der Waals surface area contributed by atoms with Gasteiger partial charge in [0.1, 0.15) is 9.84 Å². The maximum absolute atomic E-state index is 11.1. The second kappa shape index (κ2) is 5.82. The fourth-order valence-corrected chi connectivity index (χ4v) is 2.57. The van der Waals surface area contributed by atoms with E-state index >= 15 is 0 Å². The molecule has 0 amide bonds. The van der Waals surface area contributed by atoms with Crippen molar-refractivity contribution >= 4 is 9.84 Å². The maximum atomic E-state index is 11.1. The molecular formula is C10H23NO3S. The normalized spacial score (nSPS) is 16.7. The van der Waals surface area contributed by atoms with Gasteiger partial charge in [-0.25, -0.2) is 8.42 Å². The molecule has 0 aromatic heterocycles. The summed E-state index contributed by atoms with van der Waals surface area (Å²) in [5.41, 5.74) is 5.21. The molecule has 4 nitrogen and oxygen atoms in total. The van der Waals surface area contributed by atoms with Gasteiger partial charge >= 0.3 is 0 Å². The molecule has 0 aromatic rings. The Bertz CT molecular complexity index is 268. The Morgan fingerprint density at radius 2 is 1.93 bits per heavy atom. The minimum atomic E-state index is -2.98. The van der Waals surface area contributed by atoms with Crippen LogP contribution in [-0.2, 0) is 9.84 Å². The van der Waals surface area contributed by atoms with Crippen LogP contribution in [0.15, 0.2) is 0 Å². The Kier molecular flexibility index (Phi) is 5.77. The van der Waals surface area contributed by atoms with E-state index in [1.165, 1.54) is 6.26 Å². The van der Waals surface area contributed by atoms with Crippen LogP contribution in [0.5, 0.6) is 0 Å². The highest BCUT2D eigenvalue weighted by Gasteiger charge is 2.29. The van der Waals surface area contributed by atoms with E-state index in [0.717, 1.165) is 6.42 Å². The largest absolute Gasteiger partial charge is 0.396 e. The third-order valence-electron chi connectivity index (χ3n) is 2.61. The first-order valence-electron chi connectivity index (χ1n) is 5.23. The van der Waals surface area contributed by atoms with E-state index in [1.54, 1.807) is 0 Å². The first-order valence-corrected chi connectivity index (χ1v) is 7.29. The Morgan fingerprint density at radius 1 is 1.40 bits per heavy atom. The molecule has 0 aliphatic carbocycles. The van der Waals surface area contributed by atoms with Crippen molar-refractivity contribution in [1.82, 2.24) is 0 Å². The van der Waals surface area contributed by atoms with Crippen molar-refractivity contribution in [2.45, 2.75) is 26.7 Å². The first kappa shape index (κ1) is 14.9. The van der Waals surface area contributed by atoms with E-state index < -0.39 is 15.3 Å². The van der Waals surface area contributed by atoms with Crippen LogP contribution in [0.2, 0.25) is 0 Å². The molecule has 0 bridgehead atoms. The molecule has 1 unspecified atom stereocenters. The lowest BCUT2D eigenvalue weighted by atomic mass is 9.78. The Hall–Kier alpha value is -0.130. The summed E-state index contributed by atoms with van der Waals surface area (Å²) < 4.78 is 22.1. The van der Waals surface area contributed by atoms with Crippen LogP contribution in [-0.4, -0.2) is 38.7 Å². The molecule has 0 saturated carbocycles. The second-order valence-electron chi connectivity index (χ2n) is 4.84. The van der Waals surface area contributed by atoms with Gasteiger partial charge in [0.15, 0.2) is 0 Å². The van der Waals surface area contributed by atoms with Crippen molar-refractivity contribution < 1.29 is 13.5 Å². The number of nitrogens with two attached hydrogens (primary N) is 1. The topological polar surface area (TPSA) is 80.4 Å². The minimum absolute atomic E-state index is 0.0444. The third kappa shape index (κ3) is 6.12. The van der Waals surface area contributed by atoms with Gasteiger partial charge in [-0.2, -0.15) is 0 Å². The van der Waals surface area contributed by atoms with Crippen molar-refractivity contribution in [2.24, 2.45) is 17.1 Å². The summed E-state index contributed by atoms with van der Waals surface area (Å²) in [5, 5.41) is 9.35. The summed E-state index contributed by atoms with van der Waals surface area (Å²) in [6.45, 7) is 4.37. The average molecular weight is 237 g/mol. The predicted octanol–water partition coefficient (Wildman–Crippen LogP) is 0.405. The molecular weight excluding hydrogens is 214 g/mol. The molecule has 0 aromatic carbocycles. The van der Waals surface area contributed by atoms with Crippen LogP contribution in [0.25, 0.3) is 0 Å². The number of hydrogen-bond acceptors (Lipinski definition) is 4. The zero-order chi connectivity index (χ0) is 12.1. The highest BCUT2D eigenvalue weighted by molar-refractivity contribution is 7.90. The van der Waals surface area contributed by atoms with Crippen molar-refractivity contribution in [2.75, 3.05) is 25.2 Å². The van der Waals surface area contributed by atoms with Gasteiger partial charge in [-0.05, 0) is 18.8 Å². The third-order valence-corrected chi connectivity index (χ3v) is 3.56. The molecule has 1 atom stereocenters. The van der Waals surface area contributed by atoms with E-state index in [4.69, 9.17) is 5.73 Å². The molecule has 0 spiro atoms. The van der Waals surface area contributed by atoms with Crippen molar-refractivity contribution in [3.63, 3.8) is 0 Å². The fourth-order valence-electron chi connectivity index (χ4n) is 1.76. The number of rotatable bonds is 7. The molecule has 92 valence electrons. The van der Waals surface area contributed by atoms with Crippen LogP contribution >= 0.6 is 0 Å². The Morgan fingerprint density at radius 3 is 2.20 bits per heavy atom. The lowest BCUT2D eigenvalue weighted by Gasteiger charge is -2.32. The molecule has 0 aliphatic heterocycles. The number of sulfone groups is 1. The van der Waals surface area contributed by atoms with Crippen molar-refractivity contribution in [3.05, 3.63) is 0 Å². The van der Waals surface area contributed by atoms with Gasteiger partial charge in [-0.15, -0.1) is 0 Å². The van der Waals surface area contributed by atoms with E-state index in [-0.39, 0.29) is 12.4 Å². The van der Waals surface area contributed by atoms with Crippen LogP contribution in [0, 0.1) is 11.3 Å². The van der Waals surface area contributed by atoms with Gasteiger partial charge in [-0.3, -0.25) is 0 Å². The van der Waals surface area contributed by atoms with Gasteiger partial charge < -0.3 is 10.8 Å². The zero-order valence-electron chi connectivity index (χ0n) is 9.86. The van der Waals surface area contributed by atoms with Gasteiger partial charge in [-0.1, -0.05) is 13.8 Å². The van der Waals surface area contributed by atoms with Crippen molar-refractivity contribution in [1.29, 1.82) is 0 Å². The molecule has 15 heavy (non-hydrogen) atoms. The molecule has 0 rings (SSSR count). The lowest BCUT2D eigenvalue weighted by Crippen LogP contribution is -2.37. The molecule has 0 fully saturated rings. The second-order valence-corrected chi connectivity index (χ2v) is 7.10. The number of aliphatic hydroxyl groups excluding tert-OH is 1. The van der Waals surface area contributed by atoms with E-state index in [9.17, 15) is 13.5 Å². The lowest BCUT2D eigenvalue weighted by molar-refractivity contribution is 0.104. The van der Waals surface area contributed by atoms with E-state index in [0.29, 0.717) is 18.9 Å². The molecule has 0 radical (unpaired) electrons. The standard InChI is InChI=1S/C10H23NO3S/c1-9(2)6-10(7-11,8-12)4-5-15(3,13)14/h9,12H,4-8,11H2,1-3H3. The smallest absolute Gasteiger partial charge is 0.147 e. The average Bonchev–Trinajstić information content (AvgIpc) is 2.10. The summed E-state index contributed by atoms with van der Waals surface area (Å²) in [6, 6.07) is 0. The highest BCUT2D eigenvalue weighted by Crippen LogP contribution is 2.29. The molecule has 3 N–H and O–H groups in total. The zero-order valence-corrected chi connectivity index (χ0v) is 10.7. The number of aliphatic hydroxyl groups is 1. The van der Waals surface area contributed by atoms with Gasteiger partial charge in [0.05, 0.1) is 5.75 Å². The van der Waals surface area contributed by atoms with Crippen LogP contribution in [0.4, 0.5) is 0 Å². The summed E-state index contributed by atoms with van der Waals surface area (Å²) in [5.74, 6) is 0.498. The van der Waals surface area contributed by atoms with Gasteiger partial charge in [0.2, 0.25) is 0 Å². The minimum Gasteiger partial charge on any atom is -0.396 e. The van der Waals surface area contributed by atoms with Gasteiger partial charge in [0.25, 0.3) is 0 Å². The first-order chi connectivity index (χ1) is 6.74. The van der Waals surface area contributed by atoms with Gasteiger partial charge in [0, 0.05) is 24.8 Å². The molecule has 0 heterocycles. The molecule has 0 aliphatic rings. The SMILES string of the molecule is CC(C)CC(CN)(CO)CCS(C)(=O)=O. The van der Waals surface area contributed by atoms with E-state index in [1.807, 2.05) is 13.8 Å². The Labute approximate surface area is 92.8 Å². The monoisotopic (exact) mass is 237 g/mol. The van der Waals surface area contributed by atoms with Crippen LogP contribution in [0.1, 0.15) is 26.7 Å². The van der Waals surface area contributed by atoms with Crippen molar-refractivity contribution in [3.8, 4) is 0 Å². The molecule has 0 saturated heterocycles. The maximum Gasteiger partial charge on any atom is 0.147 e. The van der Waals surface area contributed by atoms with E-state index in [2.05, 4.69) is 0 Å². The predicted molar refractivity (Wildman–Crippen MR) is 62.4 cm³/mol. The summed E-state index contributed by atoms with van der Waals surface area (Å²) in [6.07, 6.45) is 2.41. The van der Waals surface area contributed by atoms with Crippen LogP contribution in [0.3, 0.4) is 0 Å². The molecule has 5 heteroatoms. The Balaban J connectivity index is 4.50. The summed E-state index contributed by atoms with van der Waals surface area (Å²) in [4.78, 5) is 0. The summed E-state index contributed by atoms with van der Waals surface area (Å²) in [7, 11) is -2.98. The summed E-state index contributed by atoms with van der Waals surface area (Å²) >= 11 is 0. The highest BCUT2D eigenvalue weighted by atomic mass is 32.2.